The van der Waals surface area contributed by atoms with Crippen LogP contribution in [0.3, 0.4) is 0 Å². The second-order valence-corrected chi connectivity index (χ2v) is 7.43. The molecule has 1 heterocycles. The van der Waals surface area contributed by atoms with E-state index in [9.17, 15) is 21.6 Å². The molecule has 0 saturated heterocycles. The van der Waals surface area contributed by atoms with E-state index < -0.39 is 26.7 Å². The van der Waals surface area contributed by atoms with Crippen molar-refractivity contribution in [1.82, 2.24) is 14.1 Å². The zero-order chi connectivity index (χ0) is 18.1. The summed E-state index contributed by atoms with van der Waals surface area (Å²) in [6, 6.07) is 2.63. The van der Waals surface area contributed by atoms with Gasteiger partial charge in [-0.05, 0) is 18.2 Å². The summed E-state index contributed by atoms with van der Waals surface area (Å²) in [5.74, 6) is 0. The Morgan fingerprint density at radius 2 is 2.00 bits per heavy atom. The molecule has 0 bridgehead atoms. The topological polar surface area (TPSA) is 55.2 Å². The summed E-state index contributed by atoms with van der Waals surface area (Å²) in [6.07, 6.45) is -1.77. The largest absolute Gasteiger partial charge is 0.417 e. The van der Waals surface area contributed by atoms with E-state index in [1.54, 1.807) is 20.2 Å². The van der Waals surface area contributed by atoms with E-state index in [1.165, 1.54) is 10.9 Å². The third kappa shape index (κ3) is 3.90. The number of rotatable bonds is 5. The van der Waals surface area contributed by atoms with Crippen LogP contribution in [0.1, 0.15) is 18.1 Å². The molecule has 0 N–H and O–H groups in total. The normalized spacial score (nSPS) is 12.8. The lowest BCUT2D eigenvalue weighted by Gasteiger charge is -2.22. The van der Waals surface area contributed by atoms with Crippen molar-refractivity contribution in [2.45, 2.75) is 24.5 Å². The second-order valence-electron chi connectivity index (χ2n) is 5.09. The molecule has 0 fully saturated rings. The minimum absolute atomic E-state index is 0.0111. The lowest BCUT2D eigenvalue weighted by molar-refractivity contribution is -0.139. The summed E-state index contributed by atoms with van der Waals surface area (Å²) in [5.41, 5.74) is -0.704. The first-order valence-corrected chi connectivity index (χ1v) is 8.72. The summed E-state index contributed by atoms with van der Waals surface area (Å²) in [5, 5.41) is 3.74. The maximum absolute atomic E-state index is 13.2. The summed E-state index contributed by atoms with van der Waals surface area (Å²) in [4.78, 5) is -0.815. The molecule has 0 aliphatic carbocycles. The number of aromatic nitrogens is 2. The minimum atomic E-state index is -4.83. The van der Waals surface area contributed by atoms with Gasteiger partial charge in [0.05, 0.1) is 16.7 Å². The fourth-order valence-corrected chi connectivity index (χ4v) is 4.01. The maximum atomic E-state index is 13.2. The van der Waals surface area contributed by atoms with Crippen LogP contribution < -0.4 is 0 Å². The molecular weight excluding hydrogens is 367 g/mol. The molecule has 5 nitrogen and oxygen atoms in total. The number of sulfonamides is 1. The van der Waals surface area contributed by atoms with Crippen molar-refractivity contribution in [3.63, 3.8) is 0 Å². The van der Waals surface area contributed by atoms with Crippen molar-refractivity contribution >= 4 is 21.6 Å². The summed E-state index contributed by atoms with van der Waals surface area (Å²) >= 11 is 5.60. The van der Waals surface area contributed by atoms with Crippen LogP contribution in [0.15, 0.2) is 35.5 Å². The van der Waals surface area contributed by atoms with E-state index in [-0.39, 0.29) is 18.1 Å². The molecule has 0 spiro atoms. The first kappa shape index (κ1) is 18.8. The van der Waals surface area contributed by atoms with Crippen molar-refractivity contribution < 1.29 is 21.6 Å². The first-order valence-electron chi connectivity index (χ1n) is 6.90. The smallest absolute Gasteiger partial charge is 0.275 e. The second kappa shape index (κ2) is 6.73. The number of halogens is 4. The highest BCUT2D eigenvalue weighted by atomic mass is 35.5. The van der Waals surface area contributed by atoms with Gasteiger partial charge in [-0.2, -0.15) is 22.6 Å². The third-order valence-corrected chi connectivity index (χ3v) is 5.55. The Labute approximate surface area is 142 Å². The number of nitrogens with zero attached hydrogens (tertiary/aromatic N) is 3. The van der Waals surface area contributed by atoms with E-state index in [0.717, 1.165) is 16.4 Å². The Balaban J connectivity index is 2.48. The van der Waals surface area contributed by atoms with E-state index in [4.69, 9.17) is 11.6 Å². The number of alkyl halides is 3. The van der Waals surface area contributed by atoms with Crippen molar-refractivity contribution in [2.75, 3.05) is 6.54 Å². The Kier molecular flexibility index (Phi) is 5.26. The number of benzene rings is 1. The van der Waals surface area contributed by atoms with Gasteiger partial charge in [0.15, 0.2) is 0 Å². The van der Waals surface area contributed by atoms with E-state index in [2.05, 4.69) is 5.10 Å². The van der Waals surface area contributed by atoms with Gasteiger partial charge >= 0.3 is 6.18 Å². The van der Waals surface area contributed by atoms with E-state index in [1.807, 2.05) is 0 Å². The SMILES string of the molecule is CCN(Cc1cnn(C)c1)S(=O)(=O)c1ccc(Cl)cc1C(F)(F)F. The van der Waals surface area contributed by atoms with E-state index >= 15 is 0 Å². The highest BCUT2D eigenvalue weighted by molar-refractivity contribution is 7.89. The van der Waals surface area contributed by atoms with Gasteiger partial charge in [0.25, 0.3) is 0 Å². The van der Waals surface area contributed by atoms with Crippen LogP contribution in [0.25, 0.3) is 0 Å². The average Bonchev–Trinajstić information content (AvgIpc) is 2.88. The Morgan fingerprint density at radius 3 is 2.50 bits per heavy atom. The van der Waals surface area contributed by atoms with Gasteiger partial charge in [-0.1, -0.05) is 18.5 Å². The van der Waals surface area contributed by atoms with Gasteiger partial charge in [-0.3, -0.25) is 4.68 Å². The summed E-state index contributed by atoms with van der Waals surface area (Å²) in [6.45, 7) is 1.49. The van der Waals surface area contributed by atoms with Crippen molar-refractivity contribution in [2.24, 2.45) is 7.05 Å². The molecule has 132 valence electrons. The Hall–Kier alpha value is -1.58. The van der Waals surface area contributed by atoms with Crippen molar-refractivity contribution in [3.05, 3.63) is 46.7 Å². The van der Waals surface area contributed by atoms with Crippen LogP contribution in [-0.2, 0) is 29.8 Å². The van der Waals surface area contributed by atoms with Gasteiger partial charge in [-0.25, -0.2) is 8.42 Å². The van der Waals surface area contributed by atoms with Crippen LogP contribution in [0.4, 0.5) is 13.2 Å². The van der Waals surface area contributed by atoms with Gasteiger partial charge in [0.1, 0.15) is 0 Å². The molecule has 10 heteroatoms. The van der Waals surface area contributed by atoms with Crippen LogP contribution in [0.5, 0.6) is 0 Å². The van der Waals surface area contributed by atoms with Gasteiger partial charge < -0.3 is 0 Å². The molecule has 0 amide bonds. The molecule has 0 atom stereocenters. The predicted octanol–water partition coefficient (Wildman–Crippen LogP) is 3.30. The molecular formula is C14H15ClF3N3O2S. The molecule has 0 saturated carbocycles. The molecule has 1 aromatic heterocycles. The van der Waals surface area contributed by atoms with Gasteiger partial charge in [0.2, 0.25) is 10.0 Å². The molecule has 0 unspecified atom stereocenters. The highest BCUT2D eigenvalue weighted by Gasteiger charge is 2.39. The fraction of sp³-hybridized carbons (Fsp3) is 0.357. The fourth-order valence-electron chi connectivity index (χ4n) is 2.21. The Morgan fingerprint density at radius 1 is 1.33 bits per heavy atom. The average molecular weight is 382 g/mol. The zero-order valence-electron chi connectivity index (χ0n) is 12.9. The van der Waals surface area contributed by atoms with Crippen molar-refractivity contribution in [3.8, 4) is 0 Å². The number of hydrogen-bond donors (Lipinski definition) is 0. The van der Waals surface area contributed by atoms with E-state index in [0.29, 0.717) is 11.6 Å². The molecule has 1 aromatic carbocycles. The standard InChI is InChI=1S/C14H15ClF3N3O2S/c1-3-21(9-10-7-19-20(2)8-10)24(22,23)13-5-4-11(15)6-12(13)14(16,17)18/h4-8H,3,9H2,1-2H3. The van der Waals surface area contributed by atoms with Crippen LogP contribution in [-0.4, -0.2) is 29.0 Å². The number of aryl methyl sites for hydroxylation is 1. The quantitative estimate of drug-likeness (QED) is 0.798. The van der Waals surface area contributed by atoms with Crippen molar-refractivity contribution in [1.29, 1.82) is 0 Å². The monoisotopic (exact) mass is 381 g/mol. The summed E-state index contributed by atoms with van der Waals surface area (Å²) < 4.78 is 67.5. The molecule has 0 aliphatic rings. The molecule has 24 heavy (non-hydrogen) atoms. The molecule has 0 aliphatic heterocycles. The molecule has 2 aromatic rings. The van der Waals surface area contributed by atoms with Gasteiger partial charge in [-0.15, -0.1) is 0 Å². The number of hydrogen-bond acceptors (Lipinski definition) is 3. The lowest BCUT2D eigenvalue weighted by Crippen LogP contribution is -2.32. The van der Waals surface area contributed by atoms with Crippen LogP contribution >= 0.6 is 11.6 Å². The summed E-state index contributed by atoms with van der Waals surface area (Å²) in [7, 11) is -2.69. The van der Waals surface area contributed by atoms with Crippen LogP contribution in [0.2, 0.25) is 5.02 Å². The molecule has 0 radical (unpaired) electrons. The maximum Gasteiger partial charge on any atom is 0.417 e. The lowest BCUT2D eigenvalue weighted by atomic mass is 10.2. The zero-order valence-corrected chi connectivity index (χ0v) is 14.5. The Bertz CT molecular complexity index is 834. The van der Waals surface area contributed by atoms with Crippen LogP contribution in [0, 0.1) is 0 Å². The minimum Gasteiger partial charge on any atom is -0.275 e. The third-order valence-electron chi connectivity index (χ3n) is 3.33. The highest BCUT2D eigenvalue weighted by Crippen LogP contribution is 2.37. The molecule has 2 rings (SSSR count). The predicted molar refractivity (Wildman–Crippen MR) is 82.9 cm³/mol. The first-order chi connectivity index (χ1) is 11.1. The van der Waals surface area contributed by atoms with Gasteiger partial charge in [0, 0.05) is 36.9 Å².